The van der Waals surface area contributed by atoms with E-state index < -0.39 is 18.1 Å². The van der Waals surface area contributed by atoms with E-state index >= 15 is 0 Å². The normalized spacial score (nSPS) is 22.5. The molecule has 2 heterocycles. The van der Waals surface area contributed by atoms with Crippen molar-refractivity contribution in [3.63, 3.8) is 0 Å². The number of carbonyl (C=O) groups is 1. The van der Waals surface area contributed by atoms with Gasteiger partial charge >= 0.3 is 0 Å². The molecule has 6 nitrogen and oxygen atoms in total. The van der Waals surface area contributed by atoms with Crippen LogP contribution in [0, 0.1) is 0 Å². The molecule has 0 aliphatic carbocycles. The van der Waals surface area contributed by atoms with E-state index in [0.29, 0.717) is 31.2 Å². The van der Waals surface area contributed by atoms with Crippen molar-refractivity contribution in [1.82, 2.24) is 9.88 Å². The molecule has 1 amide bonds. The molecule has 1 aromatic heterocycles. The summed E-state index contributed by atoms with van der Waals surface area (Å²) in [6.45, 7) is 0.758. The maximum atomic E-state index is 11.4. The minimum absolute atomic E-state index is 0.359. The number of primary amides is 1. The van der Waals surface area contributed by atoms with Gasteiger partial charge in [-0.2, -0.15) is 0 Å². The summed E-state index contributed by atoms with van der Waals surface area (Å²) in [6, 6.07) is 9.21. The van der Waals surface area contributed by atoms with E-state index in [-0.39, 0.29) is 0 Å². The van der Waals surface area contributed by atoms with Gasteiger partial charge in [0.15, 0.2) is 5.76 Å². The monoisotopic (exact) mass is 287 g/mol. The Bertz CT molecular complexity index is 626. The number of nitrogens with two attached hydrogens (primary N) is 1. The Morgan fingerprint density at radius 1 is 1.43 bits per heavy atom. The van der Waals surface area contributed by atoms with Crippen molar-refractivity contribution in [2.24, 2.45) is 5.73 Å². The van der Waals surface area contributed by atoms with Crippen LogP contribution < -0.4 is 5.73 Å². The number of oxazole rings is 1. The molecule has 3 rings (SSSR count). The second-order valence-electron chi connectivity index (χ2n) is 5.22. The van der Waals surface area contributed by atoms with Crippen molar-refractivity contribution >= 4 is 5.91 Å². The summed E-state index contributed by atoms with van der Waals surface area (Å²) in [5.41, 5.74) is 6.31. The average molecular weight is 287 g/mol. The fourth-order valence-corrected chi connectivity index (χ4v) is 2.64. The maximum absolute atomic E-state index is 11.4. The number of aromatic nitrogens is 1. The summed E-state index contributed by atoms with van der Waals surface area (Å²) >= 11 is 0. The summed E-state index contributed by atoms with van der Waals surface area (Å²) in [5, 5.41) is 9.68. The lowest BCUT2D eigenvalue weighted by Crippen LogP contribution is -2.39. The summed E-state index contributed by atoms with van der Waals surface area (Å²) in [6.07, 6.45) is 1.49. The number of aliphatic hydroxyl groups excluding tert-OH is 1. The number of β-amino-alcohol motifs (C(OH)–C–C–N with tert-alkyl or cyclic N) is 1. The van der Waals surface area contributed by atoms with Gasteiger partial charge in [-0.1, -0.05) is 30.3 Å². The van der Waals surface area contributed by atoms with E-state index in [1.54, 1.807) is 11.1 Å². The third-order valence-electron chi connectivity index (χ3n) is 3.66. The molecule has 6 heteroatoms. The van der Waals surface area contributed by atoms with Crippen LogP contribution in [0.15, 0.2) is 40.9 Å². The molecule has 0 saturated carbocycles. The summed E-state index contributed by atoms with van der Waals surface area (Å²) in [4.78, 5) is 17.4. The first-order valence-corrected chi connectivity index (χ1v) is 6.85. The van der Waals surface area contributed by atoms with Crippen molar-refractivity contribution in [3.05, 3.63) is 42.4 Å². The van der Waals surface area contributed by atoms with Crippen LogP contribution in [0.2, 0.25) is 0 Å². The number of hydrogen-bond acceptors (Lipinski definition) is 5. The average Bonchev–Trinajstić information content (AvgIpc) is 3.07. The van der Waals surface area contributed by atoms with Crippen molar-refractivity contribution in [2.75, 3.05) is 6.54 Å². The van der Waals surface area contributed by atoms with Crippen LogP contribution in [-0.4, -0.2) is 39.6 Å². The van der Waals surface area contributed by atoms with Gasteiger partial charge in [0.2, 0.25) is 11.8 Å². The van der Waals surface area contributed by atoms with Gasteiger partial charge in [0.25, 0.3) is 0 Å². The van der Waals surface area contributed by atoms with Gasteiger partial charge in [-0.25, -0.2) is 4.98 Å². The van der Waals surface area contributed by atoms with Crippen LogP contribution in [0.25, 0.3) is 11.3 Å². The number of benzene rings is 1. The summed E-state index contributed by atoms with van der Waals surface area (Å²) < 4.78 is 5.71. The highest BCUT2D eigenvalue weighted by atomic mass is 16.4. The van der Waals surface area contributed by atoms with Crippen molar-refractivity contribution in [2.45, 2.75) is 25.1 Å². The quantitative estimate of drug-likeness (QED) is 0.866. The highest BCUT2D eigenvalue weighted by Gasteiger charge is 2.35. The minimum Gasteiger partial charge on any atom is -0.439 e. The lowest BCUT2D eigenvalue weighted by Gasteiger charge is -2.19. The van der Waals surface area contributed by atoms with Gasteiger partial charge in [-0.05, 0) is 6.42 Å². The molecule has 1 saturated heterocycles. The van der Waals surface area contributed by atoms with E-state index in [2.05, 4.69) is 4.98 Å². The fraction of sp³-hybridized carbons (Fsp3) is 0.333. The highest BCUT2D eigenvalue weighted by Crippen LogP contribution is 2.23. The number of likely N-dealkylation sites (tertiary alicyclic amines) is 1. The molecule has 2 atom stereocenters. The maximum Gasteiger partial charge on any atom is 0.234 e. The van der Waals surface area contributed by atoms with Gasteiger partial charge in [-0.15, -0.1) is 0 Å². The second kappa shape index (κ2) is 5.67. The van der Waals surface area contributed by atoms with E-state index in [1.807, 2.05) is 30.3 Å². The zero-order valence-electron chi connectivity index (χ0n) is 11.5. The molecule has 110 valence electrons. The molecule has 1 fully saturated rings. The summed E-state index contributed by atoms with van der Waals surface area (Å²) in [5.74, 6) is 0.761. The molecule has 3 N–H and O–H groups in total. The van der Waals surface area contributed by atoms with Crippen molar-refractivity contribution in [3.8, 4) is 11.3 Å². The predicted molar refractivity (Wildman–Crippen MR) is 76.0 cm³/mol. The molecule has 0 spiro atoms. The topological polar surface area (TPSA) is 92.6 Å². The van der Waals surface area contributed by atoms with Crippen LogP contribution in [0.5, 0.6) is 0 Å². The molecular weight excluding hydrogens is 270 g/mol. The molecule has 1 aliphatic rings. The van der Waals surface area contributed by atoms with Crippen LogP contribution in [0.1, 0.15) is 12.3 Å². The lowest BCUT2D eigenvalue weighted by molar-refractivity contribution is -0.122. The Labute approximate surface area is 122 Å². The third kappa shape index (κ3) is 2.96. The number of aliphatic hydroxyl groups is 1. The lowest BCUT2D eigenvalue weighted by atomic mass is 10.2. The Morgan fingerprint density at radius 2 is 2.19 bits per heavy atom. The van der Waals surface area contributed by atoms with Crippen LogP contribution >= 0.6 is 0 Å². The van der Waals surface area contributed by atoms with Gasteiger partial charge in [0.05, 0.1) is 24.9 Å². The molecule has 1 aromatic carbocycles. The smallest absolute Gasteiger partial charge is 0.234 e. The first kappa shape index (κ1) is 13.8. The highest BCUT2D eigenvalue weighted by molar-refractivity contribution is 5.80. The SMILES string of the molecule is NC(=O)[C@H]1C[C@H](O)CN1Cc1ncc(-c2ccccc2)o1. The van der Waals surface area contributed by atoms with Crippen molar-refractivity contribution < 1.29 is 14.3 Å². The predicted octanol–water partition coefficient (Wildman–Crippen LogP) is 0.762. The fourth-order valence-electron chi connectivity index (χ4n) is 2.64. The molecule has 2 aromatic rings. The Hall–Kier alpha value is -2.18. The largest absolute Gasteiger partial charge is 0.439 e. The first-order chi connectivity index (χ1) is 10.1. The molecule has 1 aliphatic heterocycles. The summed E-state index contributed by atoms with van der Waals surface area (Å²) in [7, 11) is 0. The minimum atomic E-state index is -0.536. The van der Waals surface area contributed by atoms with E-state index in [1.165, 1.54) is 0 Å². The van der Waals surface area contributed by atoms with Gasteiger partial charge in [0, 0.05) is 12.1 Å². The van der Waals surface area contributed by atoms with Gasteiger partial charge < -0.3 is 15.3 Å². The Kier molecular flexibility index (Phi) is 3.72. The standard InChI is InChI=1S/C15H17N3O3/c16-15(20)12-6-11(19)8-18(12)9-14-17-7-13(21-14)10-4-2-1-3-5-10/h1-5,7,11-12,19H,6,8-9H2,(H2,16,20)/t11-,12+/m0/s1. The van der Waals surface area contributed by atoms with E-state index in [9.17, 15) is 9.90 Å². The van der Waals surface area contributed by atoms with Crippen molar-refractivity contribution in [1.29, 1.82) is 0 Å². The van der Waals surface area contributed by atoms with Gasteiger partial charge in [0.1, 0.15) is 0 Å². The van der Waals surface area contributed by atoms with Crippen LogP contribution in [-0.2, 0) is 11.3 Å². The zero-order chi connectivity index (χ0) is 14.8. The second-order valence-corrected chi connectivity index (χ2v) is 5.22. The third-order valence-corrected chi connectivity index (χ3v) is 3.66. The molecule has 21 heavy (non-hydrogen) atoms. The Morgan fingerprint density at radius 3 is 2.90 bits per heavy atom. The number of hydrogen-bond donors (Lipinski definition) is 2. The molecular formula is C15H17N3O3. The molecule has 0 unspecified atom stereocenters. The van der Waals surface area contributed by atoms with Crippen LogP contribution in [0.4, 0.5) is 0 Å². The number of nitrogens with zero attached hydrogens (tertiary/aromatic N) is 2. The van der Waals surface area contributed by atoms with Crippen LogP contribution in [0.3, 0.4) is 0 Å². The molecule has 0 radical (unpaired) electrons. The number of carbonyl (C=O) groups excluding carboxylic acids is 1. The van der Waals surface area contributed by atoms with E-state index in [4.69, 9.17) is 10.2 Å². The first-order valence-electron chi connectivity index (χ1n) is 6.85. The van der Waals surface area contributed by atoms with E-state index in [0.717, 1.165) is 5.56 Å². The zero-order valence-corrected chi connectivity index (χ0v) is 11.5. The number of amides is 1. The van der Waals surface area contributed by atoms with Gasteiger partial charge in [-0.3, -0.25) is 9.69 Å². The number of rotatable bonds is 4. The molecule has 0 bridgehead atoms. The Balaban J connectivity index is 1.74.